The Morgan fingerprint density at radius 2 is 2.00 bits per heavy atom. The van der Waals surface area contributed by atoms with Gasteiger partial charge in [0.15, 0.2) is 0 Å². The van der Waals surface area contributed by atoms with Gasteiger partial charge in [-0.05, 0) is 48.8 Å². The summed E-state index contributed by atoms with van der Waals surface area (Å²) in [7, 11) is 0. The Balaban J connectivity index is 2.34. The molecule has 1 N–H and O–H groups in total. The van der Waals surface area contributed by atoms with Crippen LogP contribution in [-0.2, 0) is 4.79 Å². The van der Waals surface area contributed by atoms with Crippen LogP contribution in [0.15, 0.2) is 28.7 Å². The lowest BCUT2D eigenvalue weighted by Crippen LogP contribution is -2.41. The minimum Gasteiger partial charge on any atom is -0.492 e. The molecular formula is C13H18BrNO2. The van der Waals surface area contributed by atoms with Gasteiger partial charge < -0.3 is 10.1 Å². The van der Waals surface area contributed by atoms with Gasteiger partial charge in [0.05, 0.1) is 17.5 Å². The fourth-order valence-corrected chi connectivity index (χ4v) is 1.70. The predicted molar refractivity (Wildman–Crippen MR) is 72.1 cm³/mol. The molecule has 0 saturated heterocycles. The number of halogens is 1. The molecule has 4 heteroatoms. The number of carbonyl (C=O) groups excluding carboxylic acids is 1. The molecule has 1 aromatic rings. The number of hydrogen-bond acceptors (Lipinski definition) is 2. The first kappa shape index (κ1) is 14.0. The zero-order chi connectivity index (χ0) is 12.9. The molecule has 0 aromatic heterocycles. The number of amides is 1. The highest BCUT2D eigenvalue weighted by Gasteiger charge is 2.13. The monoisotopic (exact) mass is 299 g/mol. The maximum Gasteiger partial charge on any atom is 0.223 e. The van der Waals surface area contributed by atoms with E-state index in [2.05, 4.69) is 21.2 Å². The number of ether oxygens (including phenoxy) is 1. The van der Waals surface area contributed by atoms with Gasteiger partial charge in [-0.2, -0.15) is 0 Å². The molecule has 0 aliphatic rings. The van der Waals surface area contributed by atoms with E-state index < -0.39 is 0 Å². The molecule has 0 heterocycles. The number of para-hydroxylation sites is 1. The van der Waals surface area contributed by atoms with Crippen LogP contribution in [0.5, 0.6) is 5.75 Å². The molecule has 94 valence electrons. The number of rotatable bonds is 4. The summed E-state index contributed by atoms with van der Waals surface area (Å²) in [5.74, 6) is 0.764. The molecule has 0 atom stereocenters. The number of hydrogen-bond donors (Lipinski definition) is 1. The fraction of sp³-hybridized carbons (Fsp3) is 0.462. The van der Waals surface area contributed by atoms with Gasteiger partial charge in [-0.15, -0.1) is 0 Å². The van der Waals surface area contributed by atoms with Gasteiger partial charge in [0.2, 0.25) is 5.91 Å². The third kappa shape index (κ3) is 5.73. The fourth-order valence-electron chi connectivity index (χ4n) is 1.30. The van der Waals surface area contributed by atoms with Crippen LogP contribution in [0.4, 0.5) is 0 Å². The maximum absolute atomic E-state index is 11.5. The van der Waals surface area contributed by atoms with Gasteiger partial charge >= 0.3 is 0 Å². The molecule has 1 rings (SSSR count). The summed E-state index contributed by atoms with van der Waals surface area (Å²) >= 11 is 3.39. The van der Waals surface area contributed by atoms with E-state index in [1.807, 2.05) is 45.0 Å². The summed E-state index contributed by atoms with van der Waals surface area (Å²) in [6.07, 6.45) is 0.360. The van der Waals surface area contributed by atoms with Crippen LogP contribution < -0.4 is 10.1 Å². The second-order valence-corrected chi connectivity index (χ2v) is 5.68. The zero-order valence-electron chi connectivity index (χ0n) is 10.4. The van der Waals surface area contributed by atoms with Crippen molar-refractivity contribution in [2.24, 2.45) is 0 Å². The Bertz CT molecular complexity index is 385. The summed E-state index contributed by atoms with van der Waals surface area (Å²) in [6, 6.07) is 7.59. The highest BCUT2D eigenvalue weighted by Crippen LogP contribution is 2.23. The first-order chi connectivity index (χ1) is 7.88. The normalized spacial score (nSPS) is 11.1. The first-order valence-electron chi connectivity index (χ1n) is 5.57. The van der Waals surface area contributed by atoms with E-state index >= 15 is 0 Å². The minimum atomic E-state index is -0.190. The van der Waals surface area contributed by atoms with Gasteiger partial charge in [-0.3, -0.25) is 4.79 Å². The van der Waals surface area contributed by atoms with E-state index in [1.165, 1.54) is 0 Å². The van der Waals surface area contributed by atoms with E-state index in [1.54, 1.807) is 0 Å². The van der Waals surface area contributed by atoms with Crippen molar-refractivity contribution in [2.45, 2.75) is 32.7 Å². The number of nitrogens with one attached hydrogen (secondary N) is 1. The van der Waals surface area contributed by atoms with Crippen molar-refractivity contribution in [2.75, 3.05) is 6.61 Å². The lowest BCUT2D eigenvalue weighted by atomic mass is 10.1. The molecule has 0 fully saturated rings. The third-order valence-corrected chi connectivity index (χ3v) is 2.59. The topological polar surface area (TPSA) is 38.3 Å². The van der Waals surface area contributed by atoms with Gasteiger partial charge in [0, 0.05) is 5.54 Å². The van der Waals surface area contributed by atoms with Gasteiger partial charge in [-0.25, -0.2) is 0 Å². The highest BCUT2D eigenvalue weighted by molar-refractivity contribution is 9.10. The Hall–Kier alpha value is -1.03. The molecule has 0 radical (unpaired) electrons. The summed E-state index contributed by atoms with van der Waals surface area (Å²) in [5, 5.41) is 2.89. The summed E-state index contributed by atoms with van der Waals surface area (Å²) < 4.78 is 6.41. The van der Waals surface area contributed by atoms with Crippen LogP contribution in [0.1, 0.15) is 27.2 Å². The average Bonchev–Trinajstić information content (AvgIpc) is 2.18. The quantitative estimate of drug-likeness (QED) is 0.927. The van der Waals surface area contributed by atoms with Crippen molar-refractivity contribution in [3.63, 3.8) is 0 Å². The zero-order valence-corrected chi connectivity index (χ0v) is 12.0. The predicted octanol–water partition coefficient (Wildman–Crippen LogP) is 3.13. The van der Waals surface area contributed by atoms with E-state index in [4.69, 9.17) is 4.74 Å². The molecule has 3 nitrogen and oxygen atoms in total. The molecular weight excluding hydrogens is 282 g/mol. The average molecular weight is 300 g/mol. The van der Waals surface area contributed by atoms with Crippen molar-refractivity contribution >= 4 is 21.8 Å². The molecule has 0 unspecified atom stereocenters. The lowest BCUT2D eigenvalue weighted by Gasteiger charge is -2.20. The van der Waals surface area contributed by atoms with Gasteiger partial charge in [0.25, 0.3) is 0 Å². The Morgan fingerprint density at radius 1 is 1.35 bits per heavy atom. The van der Waals surface area contributed by atoms with E-state index in [9.17, 15) is 4.79 Å². The maximum atomic E-state index is 11.5. The van der Waals surface area contributed by atoms with Crippen LogP contribution in [0, 0.1) is 0 Å². The van der Waals surface area contributed by atoms with Crippen molar-refractivity contribution in [3.05, 3.63) is 28.7 Å². The van der Waals surface area contributed by atoms with Crippen LogP contribution in [0.3, 0.4) is 0 Å². The van der Waals surface area contributed by atoms with E-state index in [-0.39, 0.29) is 11.4 Å². The van der Waals surface area contributed by atoms with Gasteiger partial charge in [-0.1, -0.05) is 12.1 Å². The Kier molecular flexibility index (Phi) is 5.00. The van der Waals surface area contributed by atoms with Crippen LogP contribution in [0.2, 0.25) is 0 Å². The van der Waals surface area contributed by atoms with E-state index in [0.29, 0.717) is 13.0 Å². The lowest BCUT2D eigenvalue weighted by molar-refractivity contribution is -0.122. The molecule has 1 amide bonds. The van der Waals surface area contributed by atoms with Crippen molar-refractivity contribution in [3.8, 4) is 5.75 Å². The Labute approximate surface area is 111 Å². The van der Waals surface area contributed by atoms with Crippen LogP contribution in [-0.4, -0.2) is 18.1 Å². The smallest absolute Gasteiger partial charge is 0.223 e. The van der Waals surface area contributed by atoms with Crippen molar-refractivity contribution in [1.29, 1.82) is 0 Å². The molecule has 0 aliphatic heterocycles. The molecule has 0 saturated carbocycles. The summed E-state index contributed by atoms with van der Waals surface area (Å²) in [5.41, 5.74) is -0.190. The minimum absolute atomic E-state index is 0.00422. The standard InChI is InChI=1S/C13H18BrNO2/c1-13(2,3)15-12(16)8-9-17-11-7-5-4-6-10(11)14/h4-7H,8-9H2,1-3H3,(H,15,16). The van der Waals surface area contributed by atoms with Crippen molar-refractivity contribution in [1.82, 2.24) is 5.32 Å². The second kappa shape index (κ2) is 6.05. The van der Waals surface area contributed by atoms with Gasteiger partial charge in [0.1, 0.15) is 5.75 Å². The Morgan fingerprint density at radius 3 is 2.59 bits per heavy atom. The summed E-state index contributed by atoms with van der Waals surface area (Å²) in [6.45, 7) is 6.25. The van der Waals surface area contributed by atoms with E-state index in [0.717, 1.165) is 10.2 Å². The van der Waals surface area contributed by atoms with Crippen LogP contribution >= 0.6 is 15.9 Å². The third-order valence-electron chi connectivity index (χ3n) is 1.94. The number of benzene rings is 1. The molecule has 0 spiro atoms. The summed E-state index contributed by atoms with van der Waals surface area (Å²) in [4.78, 5) is 11.5. The SMILES string of the molecule is CC(C)(C)NC(=O)CCOc1ccccc1Br. The van der Waals surface area contributed by atoms with Crippen molar-refractivity contribution < 1.29 is 9.53 Å². The molecule has 0 aliphatic carbocycles. The molecule has 0 bridgehead atoms. The molecule has 17 heavy (non-hydrogen) atoms. The second-order valence-electron chi connectivity index (χ2n) is 4.83. The highest BCUT2D eigenvalue weighted by atomic mass is 79.9. The van der Waals surface area contributed by atoms with Crippen LogP contribution in [0.25, 0.3) is 0 Å². The molecule has 1 aromatic carbocycles. The first-order valence-corrected chi connectivity index (χ1v) is 6.36. The largest absolute Gasteiger partial charge is 0.492 e. The number of carbonyl (C=O) groups is 1.